The average Bonchev–Trinajstić information content (AvgIpc) is 1.93. The van der Waals surface area contributed by atoms with Gasteiger partial charge in [0, 0.05) is 13.0 Å². The summed E-state index contributed by atoms with van der Waals surface area (Å²) in [7, 11) is 0. The summed E-state index contributed by atoms with van der Waals surface area (Å²) < 4.78 is 0. The molecule has 0 bridgehead atoms. The van der Waals surface area contributed by atoms with E-state index in [9.17, 15) is 4.79 Å². The molecule has 1 aliphatic rings. The zero-order chi connectivity index (χ0) is 9.41. The molecular weight excluding hydrogens is 150 g/mol. The van der Waals surface area contributed by atoms with Crippen LogP contribution < -0.4 is 5.32 Å². The molecule has 1 unspecified atom stereocenters. The number of carbonyl (C=O) groups excluding carboxylic acids is 1. The van der Waals surface area contributed by atoms with E-state index in [1.54, 1.807) is 0 Å². The third-order valence-corrected chi connectivity index (χ3v) is 3.39. The minimum absolute atomic E-state index is 0.205. The first kappa shape index (κ1) is 9.56. The summed E-state index contributed by atoms with van der Waals surface area (Å²) in [6.45, 7) is 9.81. The van der Waals surface area contributed by atoms with Gasteiger partial charge in [0.05, 0.1) is 0 Å². The number of hydrogen-bond donors (Lipinski definition) is 1. The molecule has 0 saturated carbocycles. The van der Waals surface area contributed by atoms with Crippen molar-refractivity contribution in [1.29, 1.82) is 0 Å². The molecule has 1 atom stereocenters. The van der Waals surface area contributed by atoms with E-state index in [2.05, 4.69) is 33.0 Å². The number of amides is 1. The maximum Gasteiger partial charge on any atom is 0.220 e. The van der Waals surface area contributed by atoms with Crippen molar-refractivity contribution in [3.8, 4) is 0 Å². The Balaban J connectivity index is 2.68. The molecule has 1 fully saturated rings. The van der Waals surface area contributed by atoms with E-state index in [0.717, 1.165) is 13.0 Å². The van der Waals surface area contributed by atoms with Gasteiger partial charge in [0.15, 0.2) is 0 Å². The van der Waals surface area contributed by atoms with Gasteiger partial charge in [0.2, 0.25) is 5.91 Å². The van der Waals surface area contributed by atoms with Gasteiger partial charge in [-0.1, -0.05) is 27.7 Å². The molecule has 0 aliphatic carbocycles. The van der Waals surface area contributed by atoms with Crippen molar-refractivity contribution in [2.45, 2.75) is 40.5 Å². The van der Waals surface area contributed by atoms with E-state index < -0.39 is 0 Å². The van der Waals surface area contributed by atoms with Crippen LogP contribution in [-0.4, -0.2) is 12.5 Å². The molecule has 12 heavy (non-hydrogen) atoms. The zero-order valence-electron chi connectivity index (χ0n) is 8.53. The van der Waals surface area contributed by atoms with E-state index in [-0.39, 0.29) is 16.7 Å². The molecule has 0 radical (unpaired) electrons. The number of carbonyl (C=O) groups is 1. The van der Waals surface area contributed by atoms with Gasteiger partial charge < -0.3 is 5.32 Å². The number of rotatable bonds is 0. The van der Waals surface area contributed by atoms with Gasteiger partial charge in [-0.3, -0.25) is 4.79 Å². The van der Waals surface area contributed by atoms with Crippen LogP contribution in [0.2, 0.25) is 0 Å². The first-order chi connectivity index (χ1) is 5.35. The molecule has 0 aromatic carbocycles. The Morgan fingerprint density at radius 2 is 2.00 bits per heavy atom. The average molecular weight is 169 g/mol. The third-order valence-electron chi connectivity index (χ3n) is 3.39. The minimum atomic E-state index is 0.205. The van der Waals surface area contributed by atoms with Crippen molar-refractivity contribution in [2.24, 2.45) is 10.8 Å². The molecule has 0 aromatic rings. The van der Waals surface area contributed by atoms with E-state index >= 15 is 0 Å². The molecule has 1 N–H and O–H groups in total. The smallest absolute Gasteiger partial charge is 0.220 e. The first-order valence-corrected chi connectivity index (χ1v) is 4.62. The predicted molar refractivity (Wildman–Crippen MR) is 49.8 cm³/mol. The summed E-state index contributed by atoms with van der Waals surface area (Å²) in [6, 6.07) is 0. The Kier molecular flexibility index (Phi) is 2.19. The second-order valence-electron chi connectivity index (χ2n) is 5.09. The van der Waals surface area contributed by atoms with Crippen molar-refractivity contribution in [3.63, 3.8) is 0 Å². The van der Waals surface area contributed by atoms with E-state index in [4.69, 9.17) is 0 Å². The highest BCUT2D eigenvalue weighted by molar-refractivity contribution is 5.76. The van der Waals surface area contributed by atoms with Gasteiger partial charge in [-0.2, -0.15) is 0 Å². The fourth-order valence-electron chi connectivity index (χ4n) is 1.50. The SMILES string of the molecule is CC(C)(C)C1(C)CCC(=O)NC1. The van der Waals surface area contributed by atoms with Crippen molar-refractivity contribution in [3.05, 3.63) is 0 Å². The highest BCUT2D eigenvalue weighted by atomic mass is 16.1. The Morgan fingerprint density at radius 1 is 1.42 bits per heavy atom. The lowest BCUT2D eigenvalue weighted by Crippen LogP contribution is -2.48. The van der Waals surface area contributed by atoms with Crippen molar-refractivity contribution in [2.75, 3.05) is 6.54 Å². The topological polar surface area (TPSA) is 29.1 Å². The van der Waals surface area contributed by atoms with Crippen LogP contribution >= 0.6 is 0 Å². The standard InChI is InChI=1S/C10H19NO/c1-9(2,3)10(4)6-5-8(12)11-7-10/h5-7H2,1-4H3,(H,11,12). The molecule has 2 heteroatoms. The number of nitrogens with one attached hydrogen (secondary N) is 1. The van der Waals surface area contributed by atoms with Crippen LogP contribution in [0, 0.1) is 10.8 Å². The van der Waals surface area contributed by atoms with Crippen LogP contribution in [0.5, 0.6) is 0 Å². The van der Waals surface area contributed by atoms with Crippen LogP contribution in [0.15, 0.2) is 0 Å². The maximum atomic E-state index is 11.0. The Labute approximate surface area is 74.7 Å². The summed E-state index contributed by atoms with van der Waals surface area (Å²) >= 11 is 0. The fraction of sp³-hybridized carbons (Fsp3) is 0.900. The molecule has 1 rings (SSSR count). The molecule has 70 valence electrons. The van der Waals surface area contributed by atoms with Gasteiger partial charge in [-0.15, -0.1) is 0 Å². The predicted octanol–water partition coefficient (Wildman–Crippen LogP) is 1.95. The largest absolute Gasteiger partial charge is 0.356 e. The second-order valence-corrected chi connectivity index (χ2v) is 5.09. The summed E-state index contributed by atoms with van der Waals surface area (Å²) in [6.07, 6.45) is 1.70. The Morgan fingerprint density at radius 3 is 2.33 bits per heavy atom. The third kappa shape index (κ3) is 1.62. The molecule has 1 saturated heterocycles. The van der Waals surface area contributed by atoms with Gasteiger partial charge in [-0.25, -0.2) is 0 Å². The monoisotopic (exact) mass is 169 g/mol. The van der Waals surface area contributed by atoms with Crippen molar-refractivity contribution >= 4 is 5.91 Å². The van der Waals surface area contributed by atoms with Crippen LogP contribution in [0.4, 0.5) is 0 Å². The summed E-state index contributed by atoms with van der Waals surface area (Å²) in [5, 5.41) is 2.94. The normalized spacial score (nSPS) is 31.5. The first-order valence-electron chi connectivity index (χ1n) is 4.62. The highest BCUT2D eigenvalue weighted by Crippen LogP contribution is 2.42. The van der Waals surface area contributed by atoms with E-state index in [1.807, 2.05) is 0 Å². The quantitative estimate of drug-likeness (QED) is 0.590. The van der Waals surface area contributed by atoms with Crippen LogP contribution in [0.1, 0.15) is 40.5 Å². The van der Waals surface area contributed by atoms with E-state index in [1.165, 1.54) is 0 Å². The molecule has 1 amide bonds. The number of piperidine rings is 1. The fourth-order valence-corrected chi connectivity index (χ4v) is 1.50. The van der Waals surface area contributed by atoms with Crippen LogP contribution in [0.25, 0.3) is 0 Å². The molecule has 1 heterocycles. The lowest BCUT2D eigenvalue weighted by Gasteiger charge is -2.44. The molecule has 0 spiro atoms. The minimum Gasteiger partial charge on any atom is -0.356 e. The van der Waals surface area contributed by atoms with Gasteiger partial charge in [0.25, 0.3) is 0 Å². The summed E-state index contributed by atoms with van der Waals surface area (Å²) in [5.41, 5.74) is 0.543. The van der Waals surface area contributed by atoms with Gasteiger partial charge in [0.1, 0.15) is 0 Å². The molecule has 0 aromatic heterocycles. The van der Waals surface area contributed by atoms with E-state index in [0.29, 0.717) is 6.42 Å². The molecule has 1 aliphatic heterocycles. The Hall–Kier alpha value is -0.530. The molecule has 2 nitrogen and oxygen atoms in total. The maximum absolute atomic E-state index is 11.0. The van der Waals surface area contributed by atoms with Gasteiger partial charge in [-0.05, 0) is 17.3 Å². The molecular formula is C10H19NO. The van der Waals surface area contributed by atoms with Crippen LogP contribution in [-0.2, 0) is 4.79 Å². The van der Waals surface area contributed by atoms with Crippen LogP contribution in [0.3, 0.4) is 0 Å². The Bertz CT molecular complexity index is 181. The lowest BCUT2D eigenvalue weighted by molar-refractivity contribution is -0.125. The van der Waals surface area contributed by atoms with Crippen molar-refractivity contribution in [1.82, 2.24) is 5.32 Å². The lowest BCUT2D eigenvalue weighted by atomic mass is 9.64. The highest BCUT2D eigenvalue weighted by Gasteiger charge is 2.39. The zero-order valence-corrected chi connectivity index (χ0v) is 8.53. The summed E-state index contributed by atoms with van der Waals surface area (Å²) in [4.78, 5) is 11.0. The van der Waals surface area contributed by atoms with Gasteiger partial charge >= 0.3 is 0 Å². The second kappa shape index (κ2) is 2.75. The summed E-state index contributed by atoms with van der Waals surface area (Å²) in [5.74, 6) is 0.205. The number of hydrogen-bond acceptors (Lipinski definition) is 1. The van der Waals surface area contributed by atoms with Crippen molar-refractivity contribution < 1.29 is 4.79 Å².